The predicted molar refractivity (Wildman–Crippen MR) is 50.5 cm³/mol. The van der Waals surface area contributed by atoms with Crippen molar-refractivity contribution in [1.29, 1.82) is 0 Å². The van der Waals surface area contributed by atoms with Crippen LogP contribution < -0.4 is 0 Å². The van der Waals surface area contributed by atoms with Crippen molar-refractivity contribution < 1.29 is 98.1 Å². The zero-order valence-corrected chi connectivity index (χ0v) is 17.3. The minimum Gasteiger partial charge on any atom is -0.756 e. The maximum absolute atomic E-state index is 7.16. The second kappa shape index (κ2) is 17.6. The third kappa shape index (κ3) is 14.2. The first-order chi connectivity index (χ1) is 5.22. The molecule has 1 rings (SSSR count). The van der Waals surface area contributed by atoms with Gasteiger partial charge in [-0.15, -0.1) is 12.1 Å². The molecule has 14 heavy (non-hydrogen) atoms. The van der Waals surface area contributed by atoms with Crippen molar-refractivity contribution in [1.82, 2.24) is 0 Å². The van der Waals surface area contributed by atoms with E-state index in [0.717, 1.165) is 5.56 Å². The monoisotopic (exact) mass is 415 g/mol. The molecule has 0 aromatic heterocycles. The fourth-order valence-corrected chi connectivity index (χ4v) is 0.520. The van der Waals surface area contributed by atoms with Gasteiger partial charge < -0.3 is 12.2 Å². The van der Waals surface area contributed by atoms with Gasteiger partial charge in [-0.2, -0.15) is 19.9 Å². The van der Waals surface area contributed by atoms with Crippen LogP contribution in [0.4, 0.5) is 5.69 Å². The molecular formula is C10H14NY3. The van der Waals surface area contributed by atoms with Crippen LogP contribution in [0.3, 0.4) is 0 Å². The molecule has 1 N–H and O–H groups in total. The molecule has 0 aliphatic carbocycles. The van der Waals surface area contributed by atoms with E-state index in [1.54, 1.807) is 6.07 Å². The summed E-state index contributed by atoms with van der Waals surface area (Å²) in [6.45, 7) is 7.63. The fourth-order valence-electron chi connectivity index (χ4n) is 0.520. The summed E-state index contributed by atoms with van der Waals surface area (Å²) in [4.78, 5) is 0. The van der Waals surface area contributed by atoms with Crippen molar-refractivity contribution in [3.8, 4) is 0 Å². The molecule has 0 amide bonds. The molecule has 1 aromatic carbocycles. The Hall–Kier alpha value is 2.20. The first-order valence-corrected chi connectivity index (χ1v) is 3.59. The summed E-state index contributed by atoms with van der Waals surface area (Å²) in [5, 5.41) is 0. The van der Waals surface area contributed by atoms with Crippen LogP contribution >= 0.6 is 0 Å². The Morgan fingerprint density at radius 1 is 1.14 bits per heavy atom. The Bertz CT molecular complexity index is 183. The second-order valence-corrected chi connectivity index (χ2v) is 2.23. The summed E-state index contributed by atoms with van der Waals surface area (Å²) in [6, 6.07) is 7.25. The van der Waals surface area contributed by atoms with Gasteiger partial charge in [0.25, 0.3) is 0 Å². The van der Waals surface area contributed by atoms with Crippen LogP contribution in [-0.2, 0) is 98.1 Å². The average Bonchev–Trinajstić information content (AvgIpc) is 1.97. The van der Waals surface area contributed by atoms with Crippen LogP contribution in [0.15, 0.2) is 24.3 Å². The molecule has 0 spiro atoms. The first-order valence-electron chi connectivity index (χ1n) is 3.59. The van der Waals surface area contributed by atoms with Gasteiger partial charge >= 0.3 is 32.7 Å². The Labute approximate surface area is 163 Å². The summed E-state index contributed by atoms with van der Waals surface area (Å²) in [5.41, 5.74) is 8.45. The van der Waals surface area contributed by atoms with E-state index in [4.69, 9.17) is 5.73 Å². The fraction of sp³-hybridized carbons (Fsp3) is 0.200. The van der Waals surface area contributed by atoms with Gasteiger partial charge in [-0.3, -0.25) is 5.69 Å². The maximum atomic E-state index is 7.16. The molecule has 1 aromatic rings. The van der Waals surface area contributed by atoms with Crippen molar-refractivity contribution in [3.63, 3.8) is 0 Å². The summed E-state index contributed by atoms with van der Waals surface area (Å²) < 4.78 is 0. The van der Waals surface area contributed by atoms with Crippen LogP contribution in [0.1, 0.15) is 19.4 Å². The zero-order valence-electron chi connectivity index (χ0n) is 8.83. The average molecular weight is 415 g/mol. The molecule has 0 heterocycles. The maximum Gasteiger partial charge on any atom is 3.00 e. The SMILES string of the molecule is C[CH-]C.[CH2-]c1ccccc1[NH-].[Y+3].[Y].[Y]. The van der Waals surface area contributed by atoms with Gasteiger partial charge in [0.05, 0.1) is 0 Å². The Kier molecular flexibility index (Phi) is 31.6. The van der Waals surface area contributed by atoms with Gasteiger partial charge in [0, 0.05) is 65.4 Å². The standard InChI is InChI=1S/C7H7N.C3H7.3Y/c1-6-4-2-3-5-7(6)8;1-3-2;;;/h2-5,8H,1H2;3H,1-2H3;;;/q-2;-1;;;+3. The van der Waals surface area contributed by atoms with E-state index in [9.17, 15) is 0 Å². The van der Waals surface area contributed by atoms with Gasteiger partial charge in [0.15, 0.2) is 0 Å². The molecule has 2 radical (unpaired) electrons. The van der Waals surface area contributed by atoms with E-state index in [1.807, 2.05) is 38.5 Å². The Morgan fingerprint density at radius 2 is 1.50 bits per heavy atom. The quantitative estimate of drug-likeness (QED) is 0.577. The minimum atomic E-state index is 0. The van der Waals surface area contributed by atoms with E-state index in [-0.39, 0.29) is 98.1 Å². The van der Waals surface area contributed by atoms with Crippen LogP contribution in [0.2, 0.25) is 0 Å². The van der Waals surface area contributed by atoms with E-state index in [1.165, 1.54) is 0 Å². The van der Waals surface area contributed by atoms with E-state index in [0.29, 0.717) is 5.69 Å². The molecule has 0 atom stereocenters. The van der Waals surface area contributed by atoms with Crippen molar-refractivity contribution in [3.05, 3.63) is 48.9 Å². The largest absolute Gasteiger partial charge is 3.00 e. The molecule has 0 bridgehead atoms. The number of benzene rings is 1. The topological polar surface area (TPSA) is 23.8 Å². The molecule has 0 saturated carbocycles. The van der Waals surface area contributed by atoms with Crippen LogP contribution in [0.5, 0.6) is 0 Å². The molecule has 1 nitrogen and oxygen atoms in total. The summed E-state index contributed by atoms with van der Waals surface area (Å²) in [6.07, 6.45) is 2.00. The van der Waals surface area contributed by atoms with E-state index < -0.39 is 0 Å². The summed E-state index contributed by atoms with van der Waals surface area (Å²) in [5.74, 6) is 0. The smallest absolute Gasteiger partial charge is 0.756 e. The molecule has 0 aliphatic rings. The normalized spacial score (nSPS) is 6.43. The van der Waals surface area contributed by atoms with E-state index in [2.05, 4.69) is 6.92 Å². The van der Waals surface area contributed by atoms with Crippen LogP contribution in [0, 0.1) is 13.3 Å². The molecule has 68 valence electrons. The number of rotatable bonds is 0. The van der Waals surface area contributed by atoms with Crippen molar-refractivity contribution in [2.75, 3.05) is 0 Å². The van der Waals surface area contributed by atoms with E-state index >= 15 is 0 Å². The Morgan fingerprint density at radius 3 is 1.71 bits per heavy atom. The summed E-state index contributed by atoms with van der Waals surface area (Å²) >= 11 is 0. The van der Waals surface area contributed by atoms with Crippen LogP contribution in [0.25, 0.3) is 5.73 Å². The predicted octanol–water partition coefficient (Wildman–Crippen LogP) is 3.78. The number of hydrogen-bond donors (Lipinski definition) is 0. The second-order valence-electron chi connectivity index (χ2n) is 2.23. The molecule has 0 unspecified atom stereocenters. The minimum absolute atomic E-state index is 0. The van der Waals surface area contributed by atoms with Crippen molar-refractivity contribution in [2.24, 2.45) is 0 Å². The van der Waals surface area contributed by atoms with Gasteiger partial charge in [-0.05, 0) is 0 Å². The molecule has 0 saturated heterocycles. The summed E-state index contributed by atoms with van der Waals surface area (Å²) in [7, 11) is 0. The molecule has 0 aliphatic heterocycles. The molecule has 0 fully saturated rings. The molecular weight excluding hydrogens is 401 g/mol. The number of hydrogen-bond acceptors (Lipinski definition) is 0. The third-order valence-corrected chi connectivity index (χ3v) is 1.02. The third-order valence-electron chi connectivity index (χ3n) is 1.02. The van der Waals surface area contributed by atoms with Gasteiger partial charge in [0.1, 0.15) is 0 Å². The van der Waals surface area contributed by atoms with Crippen LogP contribution in [-0.4, -0.2) is 0 Å². The van der Waals surface area contributed by atoms with Crippen molar-refractivity contribution in [2.45, 2.75) is 13.8 Å². The van der Waals surface area contributed by atoms with Gasteiger partial charge in [-0.1, -0.05) is 6.07 Å². The van der Waals surface area contributed by atoms with Gasteiger partial charge in [0.2, 0.25) is 0 Å². The Balaban J connectivity index is -0.0000000758. The van der Waals surface area contributed by atoms with Gasteiger partial charge in [-0.25, -0.2) is 12.5 Å². The number of nitrogens with one attached hydrogen (secondary N) is 1. The molecule has 4 heteroatoms. The van der Waals surface area contributed by atoms with Crippen molar-refractivity contribution >= 4 is 5.69 Å². The first kappa shape index (κ1) is 25.1. The zero-order chi connectivity index (χ0) is 8.69.